The molecule has 0 radical (unpaired) electrons. The van der Waals surface area contributed by atoms with Gasteiger partial charge in [-0.05, 0) is 13.8 Å². The van der Waals surface area contributed by atoms with Gasteiger partial charge in [0.1, 0.15) is 11.3 Å². The second-order valence-corrected chi connectivity index (χ2v) is 4.48. The molecule has 0 bridgehead atoms. The van der Waals surface area contributed by atoms with Crippen LogP contribution in [0.1, 0.15) is 54.6 Å². The van der Waals surface area contributed by atoms with E-state index in [1.165, 1.54) is 7.11 Å². The van der Waals surface area contributed by atoms with Crippen molar-refractivity contribution in [3.63, 3.8) is 0 Å². The number of carbonyl (C=O) groups excluding carboxylic acids is 2. The van der Waals surface area contributed by atoms with Crippen LogP contribution in [0.2, 0.25) is 0 Å². The maximum atomic E-state index is 11.9. The molecule has 0 N–H and O–H groups in total. The highest BCUT2D eigenvalue weighted by Crippen LogP contribution is 2.16. The smallest absolute Gasteiger partial charge is 0.341 e. The molecule has 17 heavy (non-hydrogen) atoms. The summed E-state index contributed by atoms with van der Waals surface area (Å²) in [5.74, 6) is -0.875. The summed E-state index contributed by atoms with van der Waals surface area (Å²) in [6.07, 6.45) is 1.56. The van der Waals surface area contributed by atoms with Crippen LogP contribution < -0.4 is 0 Å². The summed E-state index contributed by atoms with van der Waals surface area (Å²) < 4.78 is 6.25. The van der Waals surface area contributed by atoms with Gasteiger partial charge in [0.25, 0.3) is 0 Å². The minimum absolute atomic E-state index is 0.0899. The van der Waals surface area contributed by atoms with Gasteiger partial charge in [-0.2, -0.15) is 5.10 Å². The van der Waals surface area contributed by atoms with Crippen LogP contribution in [0.15, 0.2) is 6.20 Å². The number of hydrogen-bond acceptors (Lipinski definition) is 4. The van der Waals surface area contributed by atoms with Crippen molar-refractivity contribution in [1.82, 2.24) is 9.78 Å². The zero-order chi connectivity index (χ0) is 13.2. The molecule has 0 aromatic carbocycles. The van der Waals surface area contributed by atoms with Gasteiger partial charge < -0.3 is 4.74 Å². The van der Waals surface area contributed by atoms with Gasteiger partial charge in [0, 0.05) is 18.2 Å². The van der Waals surface area contributed by atoms with Crippen LogP contribution in [0.4, 0.5) is 0 Å². The predicted octanol–water partition coefficient (Wildman–Crippen LogP) is 2.09. The van der Waals surface area contributed by atoms with Crippen LogP contribution in [0.5, 0.6) is 0 Å². The van der Waals surface area contributed by atoms with Crippen LogP contribution in [-0.4, -0.2) is 28.6 Å². The maximum Gasteiger partial charge on any atom is 0.341 e. The Balaban J connectivity index is 3.26. The Hall–Kier alpha value is -1.65. The minimum atomic E-state index is -0.527. The van der Waals surface area contributed by atoms with E-state index in [1.807, 2.05) is 13.8 Å². The topological polar surface area (TPSA) is 61.2 Å². The highest BCUT2D eigenvalue weighted by atomic mass is 16.5. The first-order valence-corrected chi connectivity index (χ1v) is 5.60. The van der Waals surface area contributed by atoms with E-state index in [1.54, 1.807) is 24.7 Å². The SMILES string of the molecule is COC(=O)c1cn(C(C)C)nc1C(=O)C(C)C. The largest absolute Gasteiger partial charge is 0.465 e. The summed E-state index contributed by atoms with van der Waals surface area (Å²) in [4.78, 5) is 23.5. The quantitative estimate of drug-likeness (QED) is 0.595. The molecule has 94 valence electrons. The Morgan fingerprint density at radius 3 is 2.29 bits per heavy atom. The molecule has 0 fully saturated rings. The Morgan fingerprint density at radius 2 is 1.88 bits per heavy atom. The zero-order valence-corrected chi connectivity index (χ0v) is 10.9. The van der Waals surface area contributed by atoms with Crippen molar-refractivity contribution in [2.45, 2.75) is 33.7 Å². The van der Waals surface area contributed by atoms with Crippen LogP contribution in [0.25, 0.3) is 0 Å². The number of hydrogen-bond donors (Lipinski definition) is 0. The number of ether oxygens (including phenoxy) is 1. The van der Waals surface area contributed by atoms with Gasteiger partial charge in [0.05, 0.1) is 7.11 Å². The lowest BCUT2D eigenvalue weighted by Gasteiger charge is -2.04. The Labute approximate surface area is 101 Å². The fourth-order valence-corrected chi connectivity index (χ4v) is 1.37. The summed E-state index contributed by atoms with van der Waals surface area (Å²) >= 11 is 0. The van der Waals surface area contributed by atoms with Crippen molar-refractivity contribution in [2.24, 2.45) is 5.92 Å². The number of ketones is 1. The first-order chi connectivity index (χ1) is 7.88. The molecule has 0 saturated carbocycles. The second-order valence-electron chi connectivity index (χ2n) is 4.48. The van der Waals surface area contributed by atoms with E-state index in [0.29, 0.717) is 0 Å². The molecule has 1 rings (SSSR count). The number of Topliss-reactive ketones (excluding diaryl/α,β-unsaturated/α-hetero) is 1. The highest BCUT2D eigenvalue weighted by Gasteiger charge is 2.24. The molecule has 5 nitrogen and oxygen atoms in total. The number of aromatic nitrogens is 2. The van der Waals surface area contributed by atoms with Gasteiger partial charge in [0.2, 0.25) is 0 Å². The third-order valence-electron chi connectivity index (χ3n) is 2.42. The summed E-state index contributed by atoms with van der Waals surface area (Å²) in [6.45, 7) is 7.41. The van der Waals surface area contributed by atoms with Gasteiger partial charge in [-0.25, -0.2) is 4.79 Å². The summed E-state index contributed by atoms with van der Waals surface area (Å²) in [7, 11) is 1.29. The molecule has 0 aliphatic carbocycles. The van der Waals surface area contributed by atoms with E-state index < -0.39 is 5.97 Å². The molecule has 1 heterocycles. The van der Waals surface area contributed by atoms with Crippen molar-refractivity contribution in [3.8, 4) is 0 Å². The van der Waals surface area contributed by atoms with E-state index in [0.717, 1.165) is 0 Å². The fourth-order valence-electron chi connectivity index (χ4n) is 1.37. The molecule has 1 aromatic heterocycles. The second kappa shape index (κ2) is 5.12. The molecular weight excluding hydrogens is 220 g/mol. The monoisotopic (exact) mass is 238 g/mol. The van der Waals surface area contributed by atoms with Gasteiger partial charge >= 0.3 is 5.97 Å². The van der Waals surface area contributed by atoms with E-state index in [-0.39, 0.29) is 29.0 Å². The standard InChI is InChI=1S/C12H18N2O3/c1-7(2)11(15)10-9(12(16)17-5)6-14(13-10)8(3)4/h6-8H,1-5H3. The van der Waals surface area contributed by atoms with Gasteiger partial charge in [-0.15, -0.1) is 0 Å². The molecule has 0 spiro atoms. The lowest BCUT2D eigenvalue weighted by Crippen LogP contribution is -2.14. The van der Waals surface area contributed by atoms with Crippen molar-refractivity contribution < 1.29 is 14.3 Å². The first-order valence-electron chi connectivity index (χ1n) is 5.60. The van der Waals surface area contributed by atoms with Gasteiger partial charge in [-0.1, -0.05) is 13.8 Å². The third kappa shape index (κ3) is 2.72. The highest BCUT2D eigenvalue weighted by molar-refractivity contribution is 6.05. The van der Waals surface area contributed by atoms with E-state index >= 15 is 0 Å². The van der Waals surface area contributed by atoms with Gasteiger partial charge in [0.15, 0.2) is 5.78 Å². The average Bonchev–Trinajstić information content (AvgIpc) is 2.71. The molecule has 0 aliphatic rings. The van der Waals surface area contributed by atoms with Crippen molar-refractivity contribution in [3.05, 3.63) is 17.5 Å². The Morgan fingerprint density at radius 1 is 1.29 bits per heavy atom. The molecule has 0 saturated heterocycles. The lowest BCUT2D eigenvalue weighted by atomic mass is 10.0. The number of methoxy groups -OCH3 is 1. The summed E-state index contributed by atoms with van der Waals surface area (Å²) in [5, 5.41) is 4.17. The molecule has 0 atom stereocenters. The number of nitrogens with zero attached hydrogens (tertiary/aromatic N) is 2. The Bertz CT molecular complexity index is 433. The fraction of sp³-hybridized carbons (Fsp3) is 0.583. The zero-order valence-electron chi connectivity index (χ0n) is 10.9. The number of esters is 1. The third-order valence-corrected chi connectivity index (χ3v) is 2.42. The normalized spacial score (nSPS) is 11.0. The maximum absolute atomic E-state index is 11.9. The van der Waals surface area contributed by atoms with E-state index in [9.17, 15) is 9.59 Å². The average molecular weight is 238 g/mol. The predicted molar refractivity (Wildman–Crippen MR) is 63.1 cm³/mol. The Kier molecular flexibility index (Phi) is 4.04. The molecular formula is C12H18N2O3. The van der Waals surface area contributed by atoms with E-state index in [2.05, 4.69) is 9.84 Å². The van der Waals surface area contributed by atoms with Crippen LogP contribution >= 0.6 is 0 Å². The molecule has 5 heteroatoms. The molecule has 0 amide bonds. The summed E-state index contributed by atoms with van der Waals surface area (Å²) in [5.41, 5.74) is 0.431. The number of rotatable bonds is 4. The minimum Gasteiger partial charge on any atom is -0.465 e. The number of carbonyl (C=O) groups is 2. The van der Waals surface area contributed by atoms with Gasteiger partial charge in [-0.3, -0.25) is 9.48 Å². The van der Waals surface area contributed by atoms with Crippen molar-refractivity contribution >= 4 is 11.8 Å². The lowest BCUT2D eigenvalue weighted by molar-refractivity contribution is 0.0596. The van der Waals surface area contributed by atoms with Crippen LogP contribution in [-0.2, 0) is 4.74 Å². The molecule has 0 aliphatic heterocycles. The molecule has 0 unspecified atom stereocenters. The van der Waals surface area contributed by atoms with Crippen molar-refractivity contribution in [1.29, 1.82) is 0 Å². The van der Waals surface area contributed by atoms with Crippen LogP contribution in [0, 0.1) is 5.92 Å². The van der Waals surface area contributed by atoms with E-state index in [4.69, 9.17) is 0 Å². The first kappa shape index (κ1) is 13.4. The van der Waals surface area contributed by atoms with Crippen molar-refractivity contribution in [2.75, 3.05) is 7.11 Å². The summed E-state index contributed by atoms with van der Waals surface area (Å²) in [6, 6.07) is 0.0899. The van der Waals surface area contributed by atoms with Crippen LogP contribution in [0.3, 0.4) is 0 Å². The molecule has 1 aromatic rings.